The minimum absolute atomic E-state index is 0.0165. The summed E-state index contributed by atoms with van der Waals surface area (Å²) in [6.07, 6.45) is 11.6. The fourth-order valence-corrected chi connectivity index (χ4v) is 2.17. The van der Waals surface area contributed by atoms with Crippen molar-refractivity contribution in [3.05, 3.63) is 0 Å². The molecule has 120 valence electrons. The molecule has 0 fully saturated rings. The van der Waals surface area contributed by atoms with Gasteiger partial charge in [-0.15, -0.1) is 0 Å². The second-order valence-corrected chi connectivity index (χ2v) is 5.48. The summed E-state index contributed by atoms with van der Waals surface area (Å²) in [6.45, 7) is 1.74. The molecule has 20 heavy (non-hydrogen) atoms. The molecule has 0 unspecified atom stereocenters. The van der Waals surface area contributed by atoms with Crippen LogP contribution < -0.4 is 5.73 Å². The van der Waals surface area contributed by atoms with Crippen molar-refractivity contribution < 1.29 is 14.3 Å². The maximum absolute atomic E-state index is 10.4. The average Bonchev–Trinajstić information content (AvgIpc) is 2.43. The number of primary amides is 1. The molecule has 0 aliphatic carbocycles. The normalized spacial score (nSPS) is 10.8. The Morgan fingerprint density at radius 1 is 0.750 bits per heavy atom. The lowest BCUT2D eigenvalue weighted by Crippen LogP contribution is -2.19. The van der Waals surface area contributed by atoms with Crippen molar-refractivity contribution in [2.24, 2.45) is 5.73 Å². The molecule has 0 saturated heterocycles. The molecule has 0 bridgehead atoms. The number of carbonyl (C=O) groups excluding carboxylic acids is 1. The molecule has 4 nitrogen and oxygen atoms in total. The molecule has 0 rings (SSSR count). The maximum Gasteiger partial charge on any atom is 0.243 e. The van der Waals surface area contributed by atoms with E-state index in [1.165, 1.54) is 51.4 Å². The zero-order valence-corrected chi connectivity index (χ0v) is 13.5. The molecule has 1 amide bonds. The lowest BCUT2D eigenvalue weighted by atomic mass is 10.1. The molecule has 5 heteroatoms. The Balaban J connectivity index is 2.94. The van der Waals surface area contributed by atoms with Crippen LogP contribution in [0.15, 0.2) is 0 Å². The van der Waals surface area contributed by atoms with Crippen LogP contribution in [-0.4, -0.2) is 38.1 Å². The Morgan fingerprint density at radius 3 is 1.80 bits per heavy atom. The number of carbonyl (C=O) groups is 1. The van der Waals surface area contributed by atoms with Crippen molar-refractivity contribution >= 4 is 18.5 Å². The predicted octanol–water partition coefficient (Wildman–Crippen LogP) is 2.95. The minimum atomic E-state index is -0.435. The number of thiol groups is 1. The third kappa shape index (κ3) is 17.7. The van der Waals surface area contributed by atoms with E-state index in [0.717, 1.165) is 18.8 Å². The number of unbranched alkanes of at least 4 members (excludes halogenated alkanes) is 8. The standard InChI is InChI=1S/C15H31NO3S/c16-15(17)14-19-12-11-18-10-8-6-4-2-1-3-5-7-9-13-20/h20H,1-14H2,(H2,16,17). The number of nitrogens with two attached hydrogens (primary N) is 1. The van der Waals surface area contributed by atoms with Crippen LogP contribution in [0.1, 0.15) is 57.8 Å². The Labute approximate surface area is 129 Å². The quantitative estimate of drug-likeness (QED) is 0.340. The second-order valence-electron chi connectivity index (χ2n) is 5.04. The summed E-state index contributed by atoms with van der Waals surface area (Å²) in [5.74, 6) is 0.587. The molecule has 0 aromatic carbocycles. The van der Waals surface area contributed by atoms with Gasteiger partial charge < -0.3 is 15.2 Å². The lowest BCUT2D eigenvalue weighted by Gasteiger charge is -2.05. The molecule has 0 aromatic heterocycles. The van der Waals surface area contributed by atoms with Crippen molar-refractivity contribution in [3.63, 3.8) is 0 Å². The lowest BCUT2D eigenvalue weighted by molar-refractivity contribution is -0.123. The van der Waals surface area contributed by atoms with Crippen LogP contribution in [0, 0.1) is 0 Å². The van der Waals surface area contributed by atoms with E-state index in [1.807, 2.05) is 0 Å². The third-order valence-corrected chi connectivity index (χ3v) is 3.38. The van der Waals surface area contributed by atoms with Crippen LogP contribution in [-0.2, 0) is 14.3 Å². The highest BCUT2D eigenvalue weighted by Crippen LogP contribution is 2.09. The van der Waals surface area contributed by atoms with Crippen molar-refractivity contribution in [2.45, 2.75) is 57.8 Å². The molecular weight excluding hydrogens is 274 g/mol. The molecule has 0 aliphatic heterocycles. The van der Waals surface area contributed by atoms with Crippen LogP contribution in [0.4, 0.5) is 0 Å². The van der Waals surface area contributed by atoms with E-state index >= 15 is 0 Å². The SMILES string of the molecule is NC(=O)COCCOCCCCCCCCCCCS. The molecule has 0 radical (unpaired) electrons. The van der Waals surface area contributed by atoms with E-state index in [4.69, 9.17) is 15.2 Å². The zero-order valence-electron chi connectivity index (χ0n) is 12.6. The van der Waals surface area contributed by atoms with Crippen LogP contribution in [0.2, 0.25) is 0 Å². The van der Waals surface area contributed by atoms with Gasteiger partial charge in [-0.25, -0.2) is 0 Å². The van der Waals surface area contributed by atoms with Crippen LogP contribution in [0.25, 0.3) is 0 Å². The fourth-order valence-electron chi connectivity index (χ4n) is 1.95. The second kappa shape index (κ2) is 16.8. The first-order valence-corrected chi connectivity index (χ1v) is 8.45. The summed E-state index contributed by atoms with van der Waals surface area (Å²) in [5, 5.41) is 0. The summed E-state index contributed by atoms with van der Waals surface area (Å²) in [4.78, 5) is 10.4. The Morgan fingerprint density at radius 2 is 1.25 bits per heavy atom. The topological polar surface area (TPSA) is 61.6 Å². The fraction of sp³-hybridized carbons (Fsp3) is 0.933. The van der Waals surface area contributed by atoms with E-state index in [2.05, 4.69) is 12.6 Å². The number of hydrogen-bond acceptors (Lipinski definition) is 4. The number of ether oxygens (including phenoxy) is 2. The summed E-state index contributed by atoms with van der Waals surface area (Å²) in [5.41, 5.74) is 4.94. The van der Waals surface area contributed by atoms with E-state index in [-0.39, 0.29) is 6.61 Å². The maximum atomic E-state index is 10.4. The highest BCUT2D eigenvalue weighted by atomic mass is 32.1. The highest BCUT2D eigenvalue weighted by Gasteiger charge is 1.95. The average molecular weight is 305 g/mol. The first-order valence-electron chi connectivity index (χ1n) is 7.82. The van der Waals surface area contributed by atoms with E-state index < -0.39 is 5.91 Å². The number of rotatable bonds is 16. The van der Waals surface area contributed by atoms with Gasteiger partial charge in [0.1, 0.15) is 6.61 Å². The van der Waals surface area contributed by atoms with Crippen LogP contribution in [0.3, 0.4) is 0 Å². The van der Waals surface area contributed by atoms with Gasteiger partial charge >= 0.3 is 0 Å². The van der Waals surface area contributed by atoms with Crippen molar-refractivity contribution in [1.82, 2.24) is 0 Å². The summed E-state index contributed by atoms with van der Waals surface area (Å²) < 4.78 is 10.4. The van der Waals surface area contributed by atoms with Gasteiger partial charge in [-0.05, 0) is 18.6 Å². The van der Waals surface area contributed by atoms with Crippen LogP contribution in [0.5, 0.6) is 0 Å². The third-order valence-electron chi connectivity index (χ3n) is 3.06. The largest absolute Gasteiger partial charge is 0.379 e. The molecular formula is C15H31NO3S. The monoisotopic (exact) mass is 305 g/mol. The minimum Gasteiger partial charge on any atom is -0.379 e. The van der Waals surface area contributed by atoms with Gasteiger partial charge in [0, 0.05) is 6.61 Å². The Hall–Kier alpha value is -0.260. The van der Waals surface area contributed by atoms with Crippen molar-refractivity contribution in [2.75, 3.05) is 32.2 Å². The zero-order chi connectivity index (χ0) is 14.9. The molecule has 0 spiro atoms. The van der Waals surface area contributed by atoms with Gasteiger partial charge in [0.15, 0.2) is 0 Å². The van der Waals surface area contributed by atoms with Gasteiger partial charge in [0.05, 0.1) is 13.2 Å². The molecule has 0 aromatic rings. The van der Waals surface area contributed by atoms with Gasteiger partial charge in [0.2, 0.25) is 5.91 Å². The molecule has 0 heterocycles. The summed E-state index contributed by atoms with van der Waals surface area (Å²) >= 11 is 4.21. The summed E-state index contributed by atoms with van der Waals surface area (Å²) in [6, 6.07) is 0. The number of amides is 1. The highest BCUT2D eigenvalue weighted by molar-refractivity contribution is 7.80. The summed E-state index contributed by atoms with van der Waals surface area (Å²) in [7, 11) is 0. The Bertz CT molecular complexity index is 215. The molecule has 2 N–H and O–H groups in total. The first kappa shape index (κ1) is 19.7. The van der Waals surface area contributed by atoms with Gasteiger partial charge in [-0.3, -0.25) is 4.79 Å². The number of hydrogen-bond donors (Lipinski definition) is 2. The van der Waals surface area contributed by atoms with Gasteiger partial charge in [0.25, 0.3) is 0 Å². The first-order chi connectivity index (χ1) is 9.77. The molecule has 0 saturated carbocycles. The Kier molecular flexibility index (Phi) is 16.6. The van der Waals surface area contributed by atoms with Gasteiger partial charge in [-0.1, -0.05) is 44.9 Å². The van der Waals surface area contributed by atoms with Crippen molar-refractivity contribution in [3.8, 4) is 0 Å². The van der Waals surface area contributed by atoms with E-state index in [9.17, 15) is 4.79 Å². The van der Waals surface area contributed by atoms with E-state index in [1.54, 1.807) is 0 Å². The molecule has 0 aliphatic rings. The van der Waals surface area contributed by atoms with E-state index in [0.29, 0.717) is 13.2 Å². The van der Waals surface area contributed by atoms with Crippen molar-refractivity contribution in [1.29, 1.82) is 0 Å². The van der Waals surface area contributed by atoms with Gasteiger partial charge in [-0.2, -0.15) is 12.6 Å². The molecule has 0 atom stereocenters. The smallest absolute Gasteiger partial charge is 0.243 e. The van der Waals surface area contributed by atoms with Crippen LogP contribution >= 0.6 is 12.6 Å². The predicted molar refractivity (Wildman–Crippen MR) is 86.2 cm³/mol.